The first-order chi connectivity index (χ1) is 8.71. The molecular formula is C12H19NO6. The minimum atomic E-state index is -0.614. The van der Waals surface area contributed by atoms with Gasteiger partial charge in [0.1, 0.15) is 5.60 Å². The van der Waals surface area contributed by atoms with Gasteiger partial charge in [-0.15, -0.1) is 0 Å². The van der Waals surface area contributed by atoms with E-state index in [4.69, 9.17) is 4.74 Å². The largest absolute Gasteiger partial charge is 0.468 e. The smallest absolute Gasteiger partial charge is 0.411 e. The van der Waals surface area contributed by atoms with Gasteiger partial charge in [-0.2, -0.15) is 0 Å². The number of hydrogen-bond acceptors (Lipinski definition) is 6. The van der Waals surface area contributed by atoms with E-state index in [1.165, 1.54) is 0 Å². The third kappa shape index (κ3) is 7.17. The van der Waals surface area contributed by atoms with Crippen LogP contribution < -0.4 is 0 Å². The van der Waals surface area contributed by atoms with Crippen LogP contribution in [-0.4, -0.2) is 54.3 Å². The molecule has 7 heteroatoms. The van der Waals surface area contributed by atoms with Crippen molar-refractivity contribution in [2.75, 3.05) is 19.7 Å². The number of hydrogen-bond donors (Lipinski definition) is 0. The number of amides is 1. The van der Waals surface area contributed by atoms with E-state index in [0.717, 1.165) is 4.90 Å². The summed E-state index contributed by atoms with van der Waals surface area (Å²) in [6.07, 6.45) is -0.614. The van der Waals surface area contributed by atoms with Crippen LogP contribution >= 0.6 is 0 Å². The number of nitrogens with zero attached hydrogens (tertiary/aromatic N) is 1. The van der Waals surface area contributed by atoms with Gasteiger partial charge in [-0.05, 0) is 27.7 Å². The van der Waals surface area contributed by atoms with Gasteiger partial charge in [0.2, 0.25) is 11.6 Å². The molecule has 19 heavy (non-hydrogen) atoms. The number of Topliss-reactive ketones (excluding diaryl/α,β-unsaturated/α-hetero) is 2. The molecule has 0 aromatic carbocycles. The summed E-state index contributed by atoms with van der Waals surface area (Å²) in [5.74, 6) is -1.06. The van der Waals surface area contributed by atoms with Crippen molar-refractivity contribution in [3.8, 4) is 0 Å². The second kappa shape index (κ2) is 7.50. The Morgan fingerprint density at radius 2 is 1.74 bits per heavy atom. The van der Waals surface area contributed by atoms with Gasteiger partial charge in [-0.3, -0.25) is 19.3 Å². The molecule has 108 valence electrons. The molecule has 0 aromatic rings. The molecule has 0 spiro atoms. The summed E-state index contributed by atoms with van der Waals surface area (Å²) < 4.78 is 9.15. The average molecular weight is 273 g/mol. The average Bonchev–Trinajstić information content (AvgIpc) is 2.59. The first-order valence-electron chi connectivity index (χ1n) is 5.80. The van der Waals surface area contributed by atoms with Crippen LogP contribution in [0, 0.1) is 0 Å². The molecule has 0 unspecified atom stereocenters. The van der Waals surface area contributed by atoms with E-state index in [1.807, 2.05) is 0 Å². The fraction of sp³-hybridized carbons (Fsp3) is 0.667. The van der Waals surface area contributed by atoms with Gasteiger partial charge >= 0.3 is 6.09 Å². The highest BCUT2D eigenvalue weighted by Gasteiger charge is 2.34. The second-order valence-electron chi connectivity index (χ2n) is 4.73. The summed E-state index contributed by atoms with van der Waals surface area (Å²) in [4.78, 5) is 43.4. The molecule has 1 aliphatic heterocycles. The zero-order valence-corrected chi connectivity index (χ0v) is 11.6. The SMILES string of the molecule is CC(C)(C)OC(=O)N1CC(=O)C(=O)C1.CCOC=O. The van der Waals surface area contributed by atoms with Crippen molar-refractivity contribution in [1.82, 2.24) is 4.90 Å². The molecule has 0 aromatic heterocycles. The summed E-state index contributed by atoms with van der Waals surface area (Å²) in [6, 6.07) is 0. The lowest BCUT2D eigenvalue weighted by atomic mass is 10.2. The Morgan fingerprint density at radius 1 is 1.26 bits per heavy atom. The van der Waals surface area contributed by atoms with Crippen LogP contribution in [0.2, 0.25) is 0 Å². The zero-order valence-electron chi connectivity index (χ0n) is 11.6. The van der Waals surface area contributed by atoms with Crippen molar-refractivity contribution >= 4 is 24.1 Å². The Kier molecular flexibility index (Phi) is 6.74. The van der Waals surface area contributed by atoms with Gasteiger partial charge in [0.15, 0.2) is 0 Å². The summed E-state index contributed by atoms with van der Waals surface area (Å²) in [6.45, 7) is 7.53. The summed E-state index contributed by atoms with van der Waals surface area (Å²) in [7, 11) is 0. The molecule has 7 nitrogen and oxygen atoms in total. The van der Waals surface area contributed by atoms with Crippen LogP contribution in [0.5, 0.6) is 0 Å². The van der Waals surface area contributed by atoms with E-state index in [-0.39, 0.29) is 13.1 Å². The first kappa shape index (κ1) is 17.1. The van der Waals surface area contributed by atoms with Crippen LogP contribution in [0.15, 0.2) is 0 Å². The maximum absolute atomic E-state index is 11.4. The molecule has 0 saturated carbocycles. The third-order valence-corrected chi connectivity index (χ3v) is 1.87. The Bertz CT molecular complexity index is 342. The summed E-state index contributed by atoms with van der Waals surface area (Å²) in [5, 5.41) is 0. The zero-order chi connectivity index (χ0) is 15.1. The van der Waals surface area contributed by atoms with Gasteiger partial charge in [-0.1, -0.05) is 0 Å². The van der Waals surface area contributed by atoms with Crippen molar-refractivity contribution in [1.29, 1.82) is 0 Å². The Balaban J connectivity index is 0.000000555. The molecule has 0 atom stereocenters. The summed E-state index contributed by atoms with van der Waals surface area (Å²) >= 11 is 0. The number of ketones is 2. The van der Waals surface area contributed by atoms with Gasteiger partial charge in [0.25, 0.3) is 6.47 Å². The minimum Gasteiger partial charge on any atom is -0.468 e. The fourth-order valence-corrected chi connectivity index (χ4v) is 1.10. The normalized spacial score (nSPS) is 14.6. The molecular weight excluding hydrogens is 254 g/mol. The lowest BCUT2D eigenvalue weighted by Gasteiger charge is -2.23. The second-order valence-corrected chi connectivity index (χ2v) is 4.73. The third-order valence-electron chi connectivity index (χ3n) is 1.87. The Labute approximate surface area is 111 Å². The van der Waals surface area contributed by atoms with Crippen LogP contribution in [0.4, 0.5) is 4.79 Å². The number of rotatable bonds is 2. The van der Waals surface area contributed by atoms with Gasteiger partial charge in [0, 0.05) is 0 Å². The van der Waals surface area contributed by atoms with E-state index in [9.17, 15) is 19.2 Å². The minimum absolute atomic E-state index is 0.159. The molecule has 1 fully saturated rings. The fourth-order valence-electron chi connectivity index (χ4n) is 1.10. The molecule has 0 N–H and O–H groups in total. The van der Waals surface area contributed by atoms with Crippen molar-refractivity contribution in [3.05, 3.63) is 0 Å². The highest BCUT2D eigenvalue weighted by molar-refractivity contribution is 6.41. The Morgan fingerprint density at radius 3 is 2.00 bits per heavy atom. The van der Waals surface area contributed by atoms with Gasteiger partial charge in [0.05, 0.1) is 19.7 Å². The van der Waals surface area contributed by atoms with Crippen molar-refractivity contribution in [2.24, 2.45) is 0 Å². The van der Waals surface area contributed by atoms with Crippen molar-refractivity contribution in [2.45, 2.75) is 33.3 Å². The molecule has 1 saturated heterocycles. The number of carbonyl (C=O) groups is 4. The van der Waals surface area contributed by atoms with Crippen LogP contribution in [-0.2, 0) is 23.9 Å². The summed E-state index contributed by atoms with van der Waals surface area (Å²) in [5.41, 5.74) is -0.605. The lowest BCUT2D eigenvalue weighted by Crippen LogP contribution is -2.35. The first-order valence-corrected chi connectivity index (χ1v) is 5.80. The topological polar surface area (TPSA) is 90.0 Å². The van der Waals surface area contributed by atoms with Crippen molar-refractivity contribution in [3.63, 3.8) is 0 Å². The van der Waals surface area contributed by atoms with Crippen molar-refractivity contribution < 1.29 is 28.7 Å². The Hall–Kier alpha value is -1.92. The number of likely N-dealkylation sites (tertiary alicyclic amines) is 1. The molecule has 0 aliphatic carbocycles. The van der Waals surface area contributed by atoms with E-state index in [2.05, 4.69) is 4.74 Å². The maximum atomic E-state index is 11.4. The van der Waals surface area contributed by atoms with Gasteiger partial charge < -0.3 is 9.47 Å². The monoisotopic (exact) mass is 273 g/mol. The van der Waals surface area contributed by atoms with Crippen LogP contribution in [0.3, 0.4) is 0 Å². The quantitative estimate of drug-likeness (QED) is 0.539. The van der Waals surface area contributed by atoms with Crippen LogP contribution in [0.1, 0.15) is 27.7 Å². The molecule has 1 rings (SSSR count). The number of carbonyl (C=O) groups excluding carboxylic acids is 4. The number of ether oxygens (including phenoxy) is 2. The van der Waals surface area contributed by atoms with E-state index in [1.54, 1.807) is 27.7 Å². The highest BCUT2D eigenvalue weighted by Crippen LogP contribution is 2.11. The molecule has 0 bridgehead atoms. The van der Waals surface area contributed by atoms with E-state index >= 15 is 0 Å². The standard InChI is InChI=1S/C9H13NO4.C3H6O2/c1-9(2,3)14-8(13)10-4-6(11)7(12)5-10;1-2-5-3-4/h4-5H2,1-3H3;3H,2H2,1H3. The maximum Gasteiger partial charge on any atom is 0.411 e. The molecule has 1 heterocycles. The van der Waals surface area contributed by atoms with Gasteiger partial charge in [-0.25, -0.2) is 4.79 Å². The van der Waals surface area contributed by atoms with E-state index < -0.39 is 23.3 Å². The predicted octanol–water partition coefficient (Wildman–Crippen LogP) is 0.555. The molecule has 1 amide bonds. The molecule has 0 radical (unpaired) electrons. The highest BCUT2D eigenvalue weighted by atomic mass is 16.6. The van der Waals surface area contributed by atoms with E-state index in [0.29, 0.717) is 13.1 Å². The van der Waals surface area contributed by atoms with Crippen LogP contribution in [0.25, 0.3) is 0 Å². The molecule has 1 aliphatic rings. The predicted molar refractivity (Wildman–Crippen MR) is 65.5 cm³/mol. The lowest BCUT2D eigenvalue weighted by molar-refractivity contribution is -0.132.